The van der Waals surface area contributed by atoms with Crippen molar-refractivity contribution in [3.63, 3.8) is 0 Å². The second-order valence-electron chi connectivity index (χ2n) is 13.4. The summed E-state index contributed by atoms with van der Waals surface area (Å²) in [7, 11) is 0. The zero-order valence-electron chi connectivity index (χ0n) is 29.9. The molecule has 0 aromatic carbocycles. The average Bonchev–Trinajstić information content (AvgIpc) is 3.03. The predicted octanol–water partition coefficient (Wildman–Crippen LogP) is 12.6. The molecule has 4 heteroatoms. The summed E-state index contributed by atoms with van der Waals surface area (Å²) in [4.78, 5) is 12.1. The Labute approximate surface area is 275 Å². The van der Waals surface area contributed by atoms with E-state index in [0.717, 1.165) is 19.3 Å². The zero-order valence-corrected chi connectivity index (χ0v) is 29.9. The van der Waals surface area contributed by atoms with Crippen LogP contribution in [-0.2, 0) is 14.3 Å². The van der Waals surface area contributed by atoms with Gasteiger partial charge in [-0.2, -0.15) is 0 Å². The summed E-state index contributed by atoms with van der Waals surface area (Å²) in [5.74, 6) is -0.209. The van der Waals surface area contributed by atoms with Crippen LogP contribution in [0.2, 0.25) is 0 Å². The molecule has 0 bridgehead atoms. The molecule has 1 unspecified atom stereocenters. The topological polar surface area (TPSA) is 55.8 Å². The highest BCUT2D eigenvalue weighted by atomic mass is 16.6. The van der Waals surface area contributed by atoms with E-state index >= 15 is 0 Å². The van der Waals surface area contributed by atoms with Gasteiger partial charge in [0.2, 0.25) is 0 Å². The fourth-order valence-corrected chi connectivity index (χ4v) is 5.86. The number of carbonyl (C=O) groups is 1. The van der Waals surface area contributed by atoms with Crippen molar-refractivity contribution < 1.29 is 19.4 Å². The molecular formula is C40H78O4. The standard InChI is InChI=1S/C40H78O4/c1-3-5-7-9-11-13-15-16-17-18-19-20-21-22-23-24-25-26-28-30-32-34-36-43-38-39(37-41)44-40(42)35-33-31-29-27-14-12-10-8-6-4-2/h8,10,39,41H,3-7,9,11-38H2,1-2H3/b10-8-. The Kier molecular flexibility index (Phi) is 37.6. The summed E-state index contributed by atoms with van der Waals surface area (Å²) < 4.78 is 11.1. The lowest BCUT2D eigenvalue weighted by molar-refractivity contribution is -0.154. The lowest BCUT2D eigenvalue weighted by Gasteiger charge is -2.15. The predicted molar refractivity (Wildman–Crippen MR) is 191 cm³/mol. The number of carbonyl (C=O) groups excluding carboxylic acids is 1. The van der Waals surface area contributed by atoms with Crippen LogP contribution in [0.15, 0.2) is 12.2 Å². The molecule has 0 fully saturated rings. The van der Waals surface area contributed by atoms with E-state index in [2.05, 4.69) is 26.0 Å². The number of unbranched alkanes of at least 4 members (excludes halogenated alkanes) is 27. The second-order valence-corrected chi connectivity index (χ2v) is 13.4. The molecule has 0 heterocycles. The van der Waals surface area contributed by atoms with E-state index in [0.29, 0.717) is 19.6 Å². The second kappa shape index (κ2) is 38.3. The van der Waals surface area contributed by atoms with Crippen LogP contribution >= 0.6 is 0 Å². The Hall–Kier alpha value is -0.870. The molecule has 0 radical (unpaired) electrons. The molecule has 1 N–H and O–H groups in total. The third-order valence-electron chi connectivity index (χ3n) is 8.82. The van der Waals surface area contributed by atoms with Gasteiger partial charge in [-0.25, -0.2) is 0 Å². The van der Waals surface area contributed by atoms with Crippen LogP contribution in [0.1, 0.15) is 213 Å². The Morgan fingerprint density at radius 2 is 0.932 bits per heavy atom. The fraction of sp³-hybridized carbons (Fsp3) is 0.925. The van der Waals surface area contributed by atoms with E-state index in [1.165, 1.54) is 173 Å². The van der Waals surface area contributed by atoms with Gasteiger partial charge in [-0.1, -0.05) is 187 Å². The maximum Gasteiger partial charge on any atom is 0.306 e. The maximum atomic E-state index is 12.1. The summed E-state index contributed by atoms with van der Waals surface area (Å²) in [6, 6.07) is 0. The van der Waals surface area contributed by atoms with Gasteiger partial charge in [0.25, 0.3) is 0 Å². The van der Waals surface area contributed by atoms with Crippen molar-refractivity contribution in [1.82, 2.24) is 0 Å². The molecular weight excluding hydrogens is 544 g/mol. The molecule has 44 heavy (non-hydrogen) atoms. The van der Waals surface area contributed by atoms with Crippen molar-refractivity contribution in [1.29, 1.82) is 0 Å². The summed E-state index contributed by atoms with van der Waals surface area (Å²) in [6.45, 7) is 5.31. The number of aliphatic hydroxyl groups excluding tert-OH is 1. The molecule has 0 spiro atoms. The SMILES string of the molecule is CCC/C=C\CCCCCCCC(=O)OC(CO)COCCCCCCCCCCCCCCCCCCCCCCCC. The van der Waals surface area contributed by atoms with Crippen molar-refractivity contribution >= 4 is 5.97 Å². The minimum atomic E-state index is -0.530. The first kappa shape index (κ1) is 43.1. The summed E-state index contributed by atoms with van der Waals surface area (Å²) in [5, 5.41) is 9.54. The van der Waals surface area contributed by atoms with Gasteiger partial charge in [-0.05, 0) is 32.1 Å². The molecule has 0 amide bonds. The monoisotopic (exact) mass is 623 g/mol. The fourth-order valence-electron chi connectivity index (χ4n) is 5.86. The molecule has 0 aliphatic heterocycles. The van der Waals surface area contributed by atoms with E-state index in [4.69, 9.17) is 9.47 Å². The Bertz CT molecular complexity index is 576. The minimum absolute atomic E-state index is 0.170. The van der Waals surface area contributed by atoms with Gasteiger partial charge in [0.15, 0.2) is 0 Å². The minimum Gasteiger partial charge on any atom is -0.457 e. The van der Waals surface area contributed by atoms with E-state index in [9.17, 15) is 9.90 Å². The van der Waals surface area contributed by atoms with Crippen LogP contribution in [-0.4, -0.2) is 37.0 Å². The number of ether oxygens (including phenoxy) is 2. The molecule has 0 aliphatic carbocycles. The van der Waals surface area contributed by atoms with Gasteiger partial charge in [-0.3, -0.25) is 4.79 Å². The lowest BCUT2D eigenvalue weighted by Crippen LogP contribution is -2.27. The van der Waals surface area contributed by atoms with Crippen molar-refractivity contribution in [2.45, 2.75) is 219 Å². The van der Waals surface area contributed by atoms with Gasteiger partial charge < -0.3 is 14.6 Å². The van der Waals surface area contributed by atoms with Gasteiger partial charge in [-0.15, -0.1) is 0 Å². The van der Waals surface area contributed by atoms with Crippen LogP contribution in [0.25, 0.3) is 0 Å². The first-order valence-electron chi connectivity index (χ1n) is 19.8. The molecule has 0 saturated heterocycles. The Morgan fingerprint density at radius 3 is 1.39 bits per heavy atom. The third kappa shape index (κ3) is 35.6. The lowest BCUT2D eigenvalue weighted by atomic mass is 10.0. The Morgan fingerprint density at radius 1 is 0.523 bits per heavy atom. The van der Waals surface area contributed by atoms with Crippen LogP contribution in [0.4, 0.5) is 0 Å². The first-order valence-corrected chi connectivity index (χ1v) is 19.8. The molecule has 0 rings (SSSR count). The molecule has 4 nitrogen and oxygen atoms in total. The van der Waals surface area contributed by atoms with Crippen LogP contribution < -0.4 is 0 Å². The molecule has 1 atom stereocenters. The Balaban J connectivity index is 3.33. The highest BCUT2D eigenvalue weighted by Gasteiger charge is 2.13. The molecule has 0 aromatic heterocycles. The van der Waals surface area contributed by atoms with Crippen molar-refractivity contribution in [3.05, 3.63) is 12.2 Å². The normalized spacial score (nSPS) is 12.3. The molecule has 0 saturated carbocycles. The van der Waals surface area contributed by atoms with Gasteiger partial charge in [0.1, 0.15) is 6.10 Å². The number of aliphatic hydroxyl groups is 1. The van der Waals surface area contributed by atoms with Gasteiger partial charge in [0, 0.05) is 13.0 Å². The van der Waals surface area contributed by atoms with Crippen molar-refractivity contribution in [2.75, 3.05) is 19.8 Å². The highest BCUT2D eigenvalue weighted by Crippen LogP contribution is 2.15. The summed E-state index contributed by atoms with van der Waals surface area (Å²) >= 11 is 0. The number of hydrogen-bond donors (Lipinski definition) is 1. The summed E-state index contributed by atoms with van der Waals surface area (Å²) in [6.07, 6.45) is 44.2. The van der Waals surface area contributed by atoms with Gasteiger partial charge >= 0.3 is 5.97 Å². The van der Waals surface area contributed by atoms with Crippen LogP contribution in [0.3, 0.4) is 0 Å². The van der Waals surface area contributed by atoms with Crippen LogP contribution in [0.5, 0.6) is 0 Å². The highest BCUT2D eigenvalue weighted by molar-refractivity contribution is 5.69. The quantitative estimate of drug-likeness (QED) is 0.0425. The number of esters is 1. The average molecular weight is 623 g/mol. The van der Waals surface area contributed by atoms with Crippen molar-refractivity contribution in [3.8, 4) is 0 Å². The number of allylic oxidation sites excluding steroid dienone is 2. The van der Waals surface area contributed by atoms with Gasteiger partial charge in [0.05, 0.1) is 13.2 Å². The number of hydrogen-bond acceptors (Lipinski definition) is 4. The zero-order chi connectivity index (χ0) is 32.0. The summed E-state index contributed by atoms with van der Waals surface area (Å²) in [5.41, 5.74) is 0. The molecule has 262 valence electrons. The molecule has 0 aliphatic rings. The van der Waals surface area contributed by atoms with Crippen molar-refractivity contribution in [2.24, 2.45) is 0 Å². The van der Waals surface area contributed by atoms with Crippen LogP contribution in [0, 0.1) is 0 Å². The van der Waals surface area contributed by atoms with E-state index < -0.39 is 6.10 Å². The maximum absolute atomic E-state index is 12.1. The molecule has 0 aromatic rings. The number of rotatable bonds is 37. The smallest absolute Gasteiger partial charge is 0.306 e. The van der Waals surface area contributed by atoms with E-state index in [1.807, 2.05) is 0 Å². The van der Waals surface area contributed by atoms with E-state index in [1.54, 1.807) is 0 Å². The van der Waals surface area contributed by atoms with E-state index in [-0.39, 0.29) is 12.6 Å². The largest absolute Gasteiger partial charge is 0.457 e. The first-order chi connectivity index (χ1) is 21.7. The third-order valence-corrected chi connectivity index (χ3v) is 8.82.